The summed E-state index contributed by atoms with van der Waals surface area (Å²) in [5, 5.41) is 0.0586. The quantitative estimate of drug-likeness (QED) is 0.642. The predicted molar refractivity (Wildman–Crippen MR) is 59.6 cm³/mol. The average Bonchev–Trinajstić information content (AvgIpc) is 2.02. The monoisotopic (exact) mass is 220 g/mol. The highest BCUT2D eigenvalue weighted by molar-refractivity contribution is 8.13. The summed E-state index contributed by atoms with van der Waals surface area (Å²) >= 11 is 1.26. The smallest absolute Gasteiger partial charge is 0.220 e. The molecule has 0 aromatic rings. The zero-order valence-corrected chi connectivity index (χ0v) is 10.4. The SMILES string of the molecule is COCCSC(=O)C(C)(C)OC(C)C. The van der Waals surface area contributed by atoms with Gasteiger partial charge in [0.2, 0.25) is 5.12 Å². The Morgan fingerprint density at radius 1 is 1.43 bits per heavy atom. The van der Waals surface area contributed by atoms with E-state index in [2.05, 4.69) is 0 Å². The maximum Gasteiger partial charge on any atom is 0.220 e. The molecule has 0 bridgehead atoms. The zero-order valence-electron chi connectivity index (χ0n) is 9.62. The lowest BCUT2D eigenvalue weighted by atomic mass is 10.1. The fourth-order valence-corrected chi connectivity index (χ4v) is 1.86. The van der Waals surface area contributed by atoms with Gasteiger partial charge in [-0.3, -0.25) is 4.79 Å². The number of thioether (sulfide) groups is 1. The number of ether oxygens (including phenoxy) is 2. The van der Waals surface area contributed by atoms with Crippen molar-refractivity contribution in [2.75, 3.05) is 19.5 Å². The number of methoxy groups -OCH3 is 1. The maximum atomic E-state index is 11.7. The number of rotatable bonds is 6. The van der Waals surface area contributed by atoms with Crippen LogP contribution in [0.2, 0.25) is 0 Å². The Hall–Kier alpha value is -0.0600. The van der Waals surface area contributed by atoms with Crippen molar-refractivity contribution >= 4 is 16.9 Å². The fourth-order valence-electron chi connectivity index (χ4n) is 1.03. The predicted octanol–water partition coefficient (Wildman–Crippen LogP) is 2.10. The van der Waals surface area contributed by atoms with E-state index in [0.29, 0.717) is 12.4 Å². The molecule has 14 heavy (non-hydrogen) atoms. The van der Waals surface area contributed by atoms with Gasteiger partial charge >= 0.3 is 0 Å². The topological polar surface area (TPSA) is 35.5 Å². The van der Waals surface area contributed by atoms with Crippen molar-refractivity contribution in [3.63, 3.8) is 0 Å². The molecule has 0 saturated carbocycles. The Morgan fingerprint density at radius 2 is 2.00 bits per heavy atom. The summed E-state index contributed by atoms with van der Waals surface area (Å²) in [4.78, 5) is 11.7. The Kier molecular flexibility index (Phi) is 6.40. The molecule has 3 nitrogen and oxygen atoms in total. The first kappa shape index (κ1) is 13.9. The van der Waals surface area contributed by atoms with Crippen LogP contribution in [0.15, 0.2) is 0 Å². The normalized spacial score (nSPS) is 12.1. The first-order valence-electron chi connectivity index (χ1n) is 4.74. The van der Waals surface area contributed by atoms with Gasteiger partial charge in [-0.1, -0.05) is 11.8 Å². The van der Waals surface area contributed by atoms with E-state index in [-0.39, 0.29) is 11.2 Å². The van der Waals surface area contributed by atoms with Gasteiger partial charge in [-0.25, -0.2) is 0 Å². The highest BCUT2D eigenvalue weighted by Gasteiger charge is 2.29. The standard InChI is InChI=1S/C10H20O3S/c1-8(2)13-10(3,4)9(11)14-7-6-12-5/h8H,6-7H2,1-5H3. The van der Waals surface area contributed by atoms with Crippen LogP contribution in [0.5, 0.6) is 0 Å². The van der Waals surface area contributed by atoms with Crippen LogP contribution in [0.4, 0.5) is 0 Å². The Balaban J connectivity index is 3.95. The molecule has 0 fully saturated rings. The van der Waals surface area contributed by atoms with Gasteiger partial charge in [0.1, 0.15) is 5.60 Å². The van der Waals surface area contributed by atoms with E-state index in [9.17, 15) is 4.79 Å². The molecule has 0 aliphatic carbocycles. The van der Waals surface area contributed by atoms with Crippen molar-refractivity contribution in [2.24, 2.45) is 0 Å². The summed E-state index contributed by atoms with van der Waals surface area (Å²) in [7, 11) is 1.63. The molecule has 0 rings (SSSR count). The fraction of sp³-hybridized carbons (Fsp3) is 0.900. The Morgan fingerprint density at radius 3 is 2.43 bits per heavy atom. The molecule has 0 N–H and O–H groups in total. The van der Waals surface area contributed by atoms with E-state index in [1.54, 1.807) is 21.0 Å². The summed E-state index contributed by atoms with van der Waals surface area (Å²) in [5.41, 5.74) is -0.702. The van der Waals surface area contributed by atoms with Crippen LogP contribution in [0.3, 0.4) is 0 Å². The van der Waals surface area contributed by atoms with Crippen molar-refractivity contribution in [3.05, 3.63) is 0 Å². The van der Waals surface area contributed by atoms with Gasteiger partial charge in [-0.15, -0.1) is 0 Å². The zero-order chi connectivity index (χ0) is 11.2. The number of carbonyl (C=O) groups excluding carboxylic acids is 1. The molecule has 0 radical (unpaired) electrons. The second kappa shape index (κ2) is 6.43. The van der Waals surface area contributed by atoms with Gasteiger partial charge in [-0.05, 0) is 27.7 Å². The third-order valence-corrected chi connectivity index (χ3v) is 2.67. The number of hydrogen-bond acceptors (Lipinski definition) is 4. The summed E-state index contributed by atoms with van der Waals surface area (Å²) in [6, 6.07) is 0. The third-order valence-electron chi connectivity index (χ3n) is 1.54. The van der Waals surface area contributed by atoms with Gasteiger partial charge in [-0.2, -0.15) is 0 Å². The van der Waals surface area contributed by atoms with Crippen LogP contribution in [0.25, 0.3) is 0 Å². The van der Waals surface area contributed by atoms with Crippen molar-refractivity contribution in [2.45, 2.75) is 39.4 Å². The molecule has 0 unspecified atom stereocenters. The summed E-state index contributed by atoms with van der Waals surface area (Å²) < 4.78 is 10.4. The van der Waals surface area contributed by atoms with Crippen LogP contribution in [0.1, 0.15) is 27.7 Å². The lowest BCUT2D eigenvalue weighted by Crippen LogP contribution is -2.35. The molecule has 0 aromatic heterocycles. The van der Waals surface area contributed by atoms with E-state index in [1.807, 2.05) is 13.8 Å². The van der Waals surface area contributed by atoms with Crippen LogP contribution in [0, 0.1) is 0 Å². The average molecular weight is 220 g/mol. The minimum atomic E-state index is -0.702. The van der Waals surface area contributed by atoms with Crippen molar-refractivity contribution in [3.8, 4) is 0 Å². The van der Waals surface area contributed by atoms with Gasteiger partial charge in [0.05, 0.1) is 12.7 Å². The molecular weight excluding hydrogens is 200 g/mol. The maximum absolute atomic E-state index is 11.7. The van der Waals surface area contributed by atoms with Crippen LogP contribution >= 0.6 is 11.8 Å². The van der Waals surface area contributed by atoms with Gasteiger partial charge < -0.3 is 9.47 Å². The molecule has 0 atom stereocenters. The second-order valence-corrected chi connectivity index (χ2v) is 4.87. The van der Waals surface area contributed by atoms with Crippen molar-refractivity contribution in [1.29, 1.82) is 0 Å². The molecule has 0 aliphatic heterocycles. The molecule has 4 heteroatoms. The highest BCUT2D eigenvalue weighted by Crippen LogP contribution is 2.20. The first-order chi connectivity index (χ1) is 6.40. The molecule has 0 spiro atoms. The van der Waals surface area contributed by atoms with Gasteiger partial charge in [0.25, 0.3) is 0 Å². The van der Waals surface area contributed by atoms with Crippen molar-refractivity contribution < 1.29 is 14.3 Å². The molecule has 0 amide bonds. The number of carbonyl (C=O) groups is 1. The highest BCUT2D eigenvalue weighted by atomic mass is 32.2. The minimum Gasteiger partial charge on any atom is -0.384 e. The second-order valence-electron chi connectivity index (χ2n) is 3.81. The van der Waals surface area contributed by atoms with E-state index in [4.69, 9.17) is 9.47 Å². The van der Waals surface area contributed by atoms with Crippen LogP contribution in [-0.4, -0.2) is 36.3 Å². The summed E-state index contributed by atoms with van der Waals surface area (Å²) in [6.07, 6.45) is 0.0666. The first-order valence-corrected chi connectivity index (χ1v) is 5.72. The molecular formula is C10H20O3S. The molecule has 0 aliphatic rings. The van der Waals surface area contributed by atoms with E-state index in [1.165, 1.54) is 11.8 Å². The molecule has 0 aromatic carbocycles. The van der Waals surface area contributed by atoms with E-state index in [0.717, 1.165) is 0 Å². The summed E-state index contributed by atoms with van der Waals surface area (Å²) in [6.45, 7) is 8.04. The van der Waals surface area contributed by atoms with Gasteiger partial charge in [0.15, 0.2) is 0 Å². The Bertz CT molecular complexity index is 178. The third kappa shape index (κ3) is 5.62. The molecule has 84 valence electrons. The number of hydrogen-bond donors (Lipinski definition) is 0. The molecule has 0 heterocycles. The minimum absolute atomic E-state index is 0.0586. The Labute approximate surface area is 90.5 Å². The summed E-state index contributed by atoms with van der Waals surface area (Å²) in [5.74, 6) is 0.681. The molecule has 0 saturated heterocycles. The van der Waals surface area contributed by atoms with Crippen LogP contribution in [-0.2, 0) is 14.3 Å². The largest absolute Gasteiger partial charge is 0.384 e. The lowest BCUT2D eigenvalue weighted by molar-refractivity contribution is -0.135. The van der Waals surface area contributed by atoms with Gasteiger partial charge in [0, 0.05) is 12.9 Å². The lowest BCUT2D eigenvalue weighted by Gasteiger charge is -2.25. The van der Waals surface area contributed by atoms with E-state index >= 15 is 0 Å². The van der Waals surface area contributed by atoms with Crippen LogP contribution < -0.4 is 0 Å². The van der Waals surface area contributed by atoms with E-state index < -0.39 is 5.60 Å². The van der Waals surface area contributed by atoms with Crippen molar-refractivity contribution in [1.82, 2.24) is 0 Å².